The van der Waals surface area contributed by atoms with Crippen molar-refractivity contribution in [3.8, 4) is 0 Å². The first-order valence-corrected chi connectivity index (χ1v) is 6.28. The lowest BCUT2D eigenvalue weighted by molar-refractivity contribution is -0.383. The van der Waals surface area contributed by atoms with Crippen molar-refractivity contribution in [2.24, 2.45) is 5.29 Å². The van der Waals surface area contributed by atoms with Gasteiger partial charge in [0.2, 0.25) is 0 Å². The van der Waals surface area contributed by atoms with Gasteiger partial charge < -0.3 is 5.73 Å². The molecule has 108 valence electrons. The first kappa shape index (κ1) is 14.7. The van der Waals surface area contributed by atoms with Gasteiger partial charge in [0.25, 0.3) is 5.69 Å². The van der Waals surface area contributed by atoms with Crippen molar-refractivity contribution in [1.29, 1.82) is 0 Å². The lowest BCUT2D eigenvalue weighted by Crippen LogP contribution is -2.15. The van der Waals surface area contributed by atoms with Gasteiger partial charge in [-0.25, -0.2) is 5.01 Å². The second-order valence-electron chi connectivity index (χ2n) is 4.27. The molecule has 0 bridgehead atoms. The summed E-state index contributed by atoms with van der Waals surface area (Å²) in [6, 6.07) is 10.9. The van der Waals surface area contributed by atoms with Gasteiger partial charge in [0.05, 0.1) is 22.4 Å². The lowest BCUT2D eigenvalue weighted by Gasteiger charge is -2.15. The second-order valence-corrected chi connectivity index (χ2v) is 4.70. The number of hydrogen-bond donors (Lipinski definition) is 1. The fraction of sp³-hybridized carbons (Fsp3) is 0.0769. The third-order valence-electron chi connectivity index (χ3n) is 2.85. The summed E-state index contributed by atoms with van der Waals surface area (Å²) in [7, 11) is 0. The molecule has 2 aromatic carbocycles. The number of nitrogen functional groups attached to an aromatic ring is 1. The number of anilines is 2. The monoisotopic (exact) mass is 306 g/mol. The number of hydrogen-bond acceptors (Lipinski definition) is 5. The SMILES string of the molecule is Nc1ccc(N(Cc2ccc(Cl)cc2)N=O)cc1[N+](=O)[O-]. The van der Waals surface area contributed by atoms with Gasteiger partial charge in [0, 0.05) is 11.1 Å². The Morgan fingerprint density at radius 1 is 1.24 bits per heavy atom. The van der Waals surface area contributed by atoms with Gasteiger partial charge in [-0.3, -0.25) is 10.1 Å². The molecular weight excluding hydrogens is 296 g/mol. The highest BCUT2D eigenvalue weighted by atomic mass is 35.5. The van der Waals surface area contributed by atoms with Crippen LogP contribution in [0.25, 0.3) is 0 Å². The molecular formula is C13H11ClN4O3. The molecule has 0 heterocycles. The van der Waals surface area contributed by atoms with Crippen LogP contribution < -0.4 is 10.7 Å². The van der Waals surface area contributed by atoms with E-state index < -0.39 is 4.92 Å². The van der Waals surface area contributed by atoms with E-state index in [0.717, 1.165) is 10.6 Å². The molecule has 0 aliphatic rings. The number of halogens is 1. The molecule has 8 heteroatoms. The lowest BCUT2D eigenvalue weighted by atomic mass is 10.2. The molecule has 21 heavy (non-hydrogen) atoms. The maximum atomic E-state index is 11.0. The zero-order valence-corrected chi connectivity index (χ0v) is 11.5. The maximum absolute atomic E-state index is 11.0. The molecule has 0 fully saturated rings. The zero-order chi connectivity index (χ0) is 15.4. The van der Waals surface area contributed by atoms with Crippen LogP contribution in [0.5, 0.6) is 0 Å². The minimum atomic E-state index is -0.607. The summed E-state index contributed by atoms with van der Waals surface area (Å²) in [6.45, 7) is 0.168. The Balaban J connectivity index is 2.29. The van der Waals surface area contributed by atoms with E-state index in [4.69, 9.17) is 17.3 Å². The normalized spacial score (nSPS) is 10.1. The fourth-order valence-corrected chi connectivity index (χ4v) is 1.91. The van der Waals surface area contributed by atoms with Crippen LogP contribution in [0.4, 0.5) is 17.1 Å². The number of nitroso groups, excluding NO2 is 1. The van der Waals surface area contributed by atoms with E-state index in [2.05, 4.69) is 5.29 Å². The van der Waals surface area contributed by atoms with E-state index in [1.54, 1.807) is 24.3 Å². The van der Waals surface area contributed by atoms with Crippen molar-refractivity contribution >= 4 is 28.7 Å². The number of rotatable bonds is 5. The largest absolute Gasteiger partial charge is 0.393 e. The summed E-state index contributed by atoms with van der Waals surface area (Å²) in [6.07, 6.45) is 0. The van der Waals surface area contributed by atoms with Crippen LogP contribution in [0, 0.1) is 15.0 Å². The van der Waals surface area contributed by atoms with Crippen LogP contribution in [0.15, 0.2) is 47.8 Å². The summed E-state index contributed by atoms with van der Waals surface area (Å²) in [4.78, 5) is 21.2. The Hall–Kier alpha value is -2.67. The summed E-state index contributed by atoms with van der Waals surface area (Å²) < 4.78 is 0. The molecule has 0 unspecified atom stereocenters. The molecule has 0 radical (unpaired) electrons. The van der Waals surface area contributed by atoms with Crippen molar-refractivity contribution in [2.75, 3.05) is 10.7 Å². The quantitative estimate of drug-likeness (QED) is 0.394. The standard InChI is InChI=1S/C13H11ClN4O3/c14-10-3-1-9(2-4-10)8-17(16-19)11-5-6-12(15)13(7-11)18(20)21/h1-7H,8,15H2. The van der Waals surface area contributed by atoms with E-state index in [1.807, 2.05) is 0 Å². The highest BCUT2D eigenvalue weighted by molar-refractivity contribution is 6.30. The molecule has 0 aliphatic heterocycles. The van der Waals surface area contributed by atoms with Gasteiger partial charge in [-0.1, -0.05) is 23.7 Å². The number of nitrogens with two attached hydrogens (primary N) is 1. The summed E-state index contributed by atoms with van der Waals surface area (Å²) in [5.74, 6) is 0. The number of benzene rings is 2. The number of nitrogens with zero attached hydrogens (tertiary/aromatic N) is 3. The molecule has 0 atom stereocenters. The Morgan fingerprint density at radius 3 is 2.48 bits per heavy atom. The van der Waals surface area contributed by atoms with E-state index in [1.165, 1.54) is 18.2 Å². The summed E-state index contributed by atoms with van der Waals surface area (Å²) in [5.41, 5.74) is 6.36. The van der Waals surface area contributed by atoms with Crippen LogP contribution in [0.3, 0.4) is 0 Å². The average Bonchev–Trinajstić information content (AvgIpc) is 2.47. The molecule has 0 amide bonds. The molecule has 7 nitrogen and oxygen atoms in total. The average molecular weight is 307 g/mol. The molecule has 0 spiro atoms. The van der Waals surface area contributed by atoms with Crippen LogP contribution in [0.2, 0.25) is 5.02 Å². The van der Waals surface area contributed by atoms with Gasteiger partial charge in [-0.05, 0) is 29.8 Å². The predicted octanol–water partition coefficient (Wildman–Crippen LogP) is 3.52. The highest BCUT2D eigenvalue weighted by Crippen LogP contribution is 2.28. The predicted molar refractivity (Wildman–Crippen MR) is 80.9 cm³/mol. The summed E-state index contributed by atoms with van der Waals surface area (Å²) in [5, 5.41) is 15.4. The van der Waals surface area contributed by atoms with Crippen LogP contribution >= 0.6 is 11.6 Å². The number of nitro benzene ring substituents is 1. The van der Waals surface area contributed by atoms with Crippen molar-refractivity contribution in [3.63, 3.8) is 0 Å². The van der Waals surface area contributed by atoms with Crippen molar-refractivity contribution in [3.05, 3.63) is 68.1 Å². The Morgan fingerprint density at radius 2 is 1.90 bits per heavy atom. The van der Waals surface area contributed by atoms with Crippen molar-refractivity contribution in [1.82, 2.24) is 0 Å². The van der Waals surface area contributed by atoms with Crippen LogP contribution in [-0.2, 0) is 6.54 Å². The third-order valence-corrected chi connectivity index (χ3v) is 3.10. The van der Waals surface area contributed by atoms with Crippen LogP contribution in [-0.4, -0.2) is 4.92 Å². The maximum Gasteiger partial charge on any atom is 0.294 e. The first-order chi connectivity index (χ1) is 10.0. The Labute approximate surface area is 125 Å². The van der Waals surface area contributed by atoms with Gasteiger partial charge in [-0.2, -0.15) is 0 Å². The molecule has 2 N–H and O–H groups in total. The summed E-state index contributed by atoms with van der Waals surface area (Å²) >= 11 is 5.78. The minimum Gasteiger partial charge on any atom is -0.393 e. The molecule has 0 aromatic heterocycles. The molecule has 2 rings (SSSR count). The zero-order valence-electron chi connectivity index (χ0n) is 10.8. The smallest absolute Gasteiger partial charge is 0.294 e. The molecule has 0 saturated carbocycles. The van der Waals surface area contributed by atoms with Crippen LogP contribution in [0.1, 0.15) is 5.56 Å². The van der Waals surface area contributed by atoms with E-state index in [9.17, 15) is 15.0 Å². The van der Waals surface area contributed by atoms with E-state index in [-0.39, 0.29) is 17.9 Å². The molecule has 0 aliphatic carbocycles. The highest BCUT2D eigenvalue weighted by Gasteiger charge is 2.16. The Bertz CT molecular complexity index is 676. The topological polar surface area (TPSA) is 102 Å². The second kappa shape index (κ2) is 6.19. The Kier molecular flexibility index (Phi) is 4.34. The van der Waals surface area contributed by atoms with Crippen molar-refractivity contribution < 1.29 is 4.92 Å². The van der Waals surface area contributed by atoms with Crippen molar-refractivity contribution in [2.45, 2.75) is 6.54 Å². The van der Waals surface area contributed by atoms with Gasteiger partial charge in [-0.15, -0.1) is 4.91 Å². The first-order valence-electron chi connectivity index (χ1n) is 5.90. The fourth-order valence-electron chi connectivity index (χ4n) is 1.78. The molecule has 0 saturated heterocycles. The number of nitro groups is 1. The van der Waals surface area contributed by atoms with E-state index >= 15 is 0 Å². The van der Waals surface area contributed by atoms with Gasteiger partial charge >= 0.3 is 0 Å². The third kappa shape index (κ3) is 3.46. The van der Waals surface area contributed by atoms with E-state index in [0.29, 0.717) is 10.7 Å². The molecule has 2 aromatic rings. The minimum absolute atomic E-state index is 0.0288. The van der Waals surface area contributed by atoms with Gasteiger partial charge in [0.15, 0.2) is 0 Å². The van der Waals surface area contributed by atoms with Gasteiger partial charge in [0.1, 0.15) is 5.69 Å².